The molecule has 3 heterocycles. The molecule has 162 valence electrons. The van der Waals surface area contributed by atoms with Gasteiger partial charge in [0.05, 0.1) is 16.2 Å². The Bertz CT molecular complexity index is 1110. The number of allylic oxidation sites excluding steroid dienone is 1. The zero-order chi connectivity index (χ0) is 22.0. The minimum atomic E-state index is 0.642. The minimum absolute atomic E-state index is 0.642. The van der Waals surface area contributed by atoms with Crippen molar-refractivity contribution in [1.82, 2.24) is 24.7 Å². The highest BCUT2D eigenvalue weighted by atomic mass is 35.5. The van der Waals surface area contributed by atoms with Gasteiger partial charge in [-0.15, -0.1) is 0 Å². The van der Waals surface area contributed by atoms with E-state index in [2.05, 4.69) is 47.1 Å². The van der Waals surface area contributed by atoms with Gasteiger partial charge in [-0.25, -0.2) is 4.98 Å². The van der Waals surface area contributed by atoms with Crippen molar-refractivity contribution in [3.63, 3.8) is 0 Å². The van der Waals surface area contributed by atoms with Gasteiger partial charge in [-0.3, -0.25) is 0 Å². The Hall–Kier alpha value is -2.99. The molecular weight excluding hydrogens is 408 g/mol. The number of nitrogens with two attached hydrogens (primary N) is 1. The molecule has 2 N–H and O–H groups in total. The predicted molar refractivity (Wildman–Crippen MR) is 129 cm³/mol. The smallest absolute Gasteiger partial charge is 0.113 e. The molecule has 1 aliphatic heterocycles. The van der Waals surface area contributed by atoms with Crippen LogP contribution in [-0.2, 0) is 0 Å². The number of piperazine rings is 1. The fourth-order valence-electron chi connectivity index (χ4n) is 3.99. The molecule has 0 amide bonds. The Balaban J connectivity index is 1.52. The third-order valence-corrected chi connectivity index (χ3v) is 6.20. The lowest BCUT2D eigenvalue weighted by Crippen LogP contribution is -2.44. The molecule has 31 heavy (non-hydrogen) atoms. The van der Waals surface area contributed by atoms with E-state index in [1.807, 2.05) is 18.2 Å². The van der Waals surface area contributed by atoms with Crippen molar-refractivity contribution in [3.8, 4) is 11.4 Å². The van der Waals surface area contributed by atoms with E-state index in [0.29, 0.717) is 16.4 Å². The Labute approximate surface area is 188 Å². The molecular formula is C24H29ClN6. The number of nitrogen functional groups attached to an aromatic ring is 1. The molecule has 0 atom stereocenters. The first-order valence-electron chi connectivity index (χ1n) is 10.7. The average Bonchev–Trinajstić information content (AvgIpc) is 3.23. The van der Waals surface area contributed by atoms with Crippen LogP contribution in [0.2, 0.25) is 5.02 Å². The second-order valence-electron chi connectivity index (χ2n) is 7.99. The molecule has 1 aliphatic rings. The van der Waals surface area contributed by atoms with Gasteiger partial charge in [-0.2, -0.15) is 9.89 Å². The third-order valence-electron chi connectivity index (χ3n) is 5.89. The van der Waals surface area contributed by atoms with Crippen LogP contribution in [0.3, 0.4) is 0 Å². The van der Waals surface area contributed by atoms with E-state index in [-0.39, 0.29) is 0 Å². The number of pyridine rings is 1. The van der Waals surface area contributed by atoms with Crippen LogP contribution in [0.1, 0.15) is 31.7 Å². The monoisotopic (exact) mass is 436 g/mol. The number of fused-ring (bicyclic) bond motifs is 1. The highest BCUT2D eigenvalue weighted by molar-refractivity contribution is 6.35. The van der Waals surface area contributed by atoms with Gasteiger partial charge in [-0.05, 0) is 36.6 Å². The van der Waals surface area contributed by atoms with Crippen LogP contribution in [0.25, 0.3) is 28.0 Å². The Morgan fingerprint density at radius 3 is 2.48 bits per heavy atom. The topological polar surface area (TPSA) is 63.2 Å². The summed E-state index contributed by atoms with van der Waals surface area (Å²) in [5.41, 5.74) is 5.52. The van der Waals surface area contributed by atoms with Crippen molar-refractivity contribution < 1.29 is 0 Å². The quantitative estimate of drug-likeness (QED) is 0.541. The molecule has 1 aromatic carbocycles. The first-order valence-corrected chi connectivity index (χ1v) is 11.1. The van der Waals surface area contributed by atoms with E-state index < -0.39 is 0 Å². The number of nitrogens with zero attached hydrogens (tertiary/aromatic N) is 5. The second kappa shape index (κ2) is 9.02. The summed E-state index contributed by atoms with van der Waals surface area (Å²) in [6.07, 6.45) is 5.17. The van der Waals surface area contributed by atoms with Gasteiger partial charge in [0.25, 0.3) is 0 Å². The highest BCUT2D eigenvalue weighted by Crippen LogP contribution is 2.30. The maximum atomic E-state index is 6.53. The fraction of sp³-hybridized carbons (Fsp3) is 0.333. The molecule has 6 nitrogen and oxygen atoms in total. The van der Waals surface area contributed by atoms with E-state index in [4.69, 9.17) is 22.4 Å². The minimum Gasteiger partial charge on any atom is -0.372 e. The van der Waals surface area contributed by atoms with Crippen molar-refractivity contribution in [2.45, 2.75) is 26.2 Å². The summed E-state index contributed by atoms with van der Waals surface area (Å²) in [6.45, 7) is 14.7. The number of hydrogen-bond donors (Lipinski definition) is 1. The molecule has 7 heteroatoms. The van der Waals surface area contributed by atoms with E-state index in [0.717, 1.165) is 54.8 Å². The number of unbranched alkanes of at least 4 members (excludes halogenated alkanes) is 1. The Kier molecular flexibility index (Phi) is 6.18. The average molecular weight is 437 g/mol. The number of rotatable bonds is 7. The SMILES string of the molecule is C=C(CCCC)N1CCN(C(=C)c2ccc3c(Cl)cc(-c4ccn(N)n4)nc3c2)CC1. The van der Waals surface area contributed by atoms with E-state index in [1.54, 1.807) is 6.20 Å². The van der Waals surface area contributed by atoms with Crippen molar-refractivity contribution in [1.29, 1.82) is 0 Å². The summed E-state index contributed by atoms with van der Waals surface area (Å²) in [6, 6.07) is 9.78. The molecule has 2 aromatic heterocycles. The molecule has 0 spiro atoms. The predicted octanol–water partition coefficient (Wildman–Crippen LogP) is 4.76. The molecule has 4 rings (SSSR count). The van der Waals surface area contributed by atoms with Crippen molar-refractivity contribution in [3.05, 3.63) is 66.0 Å². The molecule has 1 saturated heterocycles. The van der Waals surface area contributed by atoms with Gasteiger partial charge < -0.3 is 15.6 Å². The van der Waals surface area contributed by atoms with E-state index in [1.165, 1.54) is 23.3 Å². The molecule has 0 unspecified atom stereocenters. The van der Waals surface area contributed by atoms with Gasteiger partial charge in [0.1, 0.15) is 5.69 Å². The molecule has 0 bridgehead atoms. The normalized spacial score (nSPS) is 14.3. The second-order valence-corrected chi connectivity index (χ2v) is 8.40. The van der Waals surface area contributed by atoms with Crippen LogP contribution in [0.5, 0.6) is 0 Å². The fourth-order valence-corrected chi connectivity index (χ4v) is 4.25. The van der Waals surface area contributed by atoms with Crippen LogP contribution in [0.4, 0.5) is 0 Å². The van der Waals surface area contributed by atoms with Gasteiger partial charge in [0, 0.05) is 49.2 Å². The van der Waals surface area contributed by atoms with E-state index in [9.17, 15) is 0 Å². The summed E-state index contributed by atoms with van der Waals surface area (Å²) in [5, 5.41) is 5.79. The lowest BCUT2D eigenvalue weighted by atomic mass is 10.1. The lowest BCUT2D eigenvalue weighted by molar-refractivity contribution is 0.209. The maximum Gasteiger partial charge on any atom is 0.113 e. The van der Waals surface area contributed by atoms with Gasteiger partial charge in [0.15, 0.2) is 0 Å². The van der Waals surface area contributed by atoms with Crippen LogP contribution in [-0.4, -0.2) is 50.9 Å². The summed E-state index contributed by atoms with van der Waals surface area (Å²) in [7, 11) is 0. The van der Waals surface area contributed by atoms with Crippen LogP contribution in [0, 0.1) is 0 Å². The van der Waals surface area contributed by atoms with Gasteiger partial charge in [-0.1, -0.05) is 50.2 Å². The van der Waals surface area contributed by atoms with Crippen LogP contribution >= 0.6 is 11.6 Å². The van der Waals surface area contributed by atoms with Crippen molar-refractivity contribution in [2.24, 2.45) is 0 Å². The standard InChI is InChI=1S/C24H29ClN6/c1-4-5-6-17(2)29-11-13-30(14-12-29)18(3)19-7-8-20-21(25)16-24(27-23(20)15-19)22-9-10-31(26)28-22/h7-10,15-16H,2-6,11-14,26H2,1H3. The maximum absolute atomic E-state index is 6.53. The first kappa shape index (κ1) is 21.2. The number of benzene rings is 1. The Morgan fingerprint density at radius 1 is 1.06 bits per heavy atom. The Morgan fingerprint density at radius 2 is 1.81 bits per heavy atom. The first-order chi connectivity index (χ1) is 15.0. The molecule has 0 radical (unpaired) electrons. The van der Waals surface area contributed by atoms with Crippen molar-refractivity contribution >= 4 is 28.2 Å². The summed E-state index contributed by atoms with van der Waals surface area (Å²) in [5.74, 6) is 5.68. The molecule has 3 aromatic rings. The number of aromatic nitrogens is 3. The van der Waals surface area contributed by atoms with Crippen molar-refractivity contribution in [2.75, 3.05) is 32.0 Å². The van der Waals surface area contributed by atoms with Gasteiger partial charge in [0.2, 0.25) is 0 Å². The van der Waals surface area contributed by atoms with E-state index >= 15 is 0 Å². The zero-order valence-corrected chi connectivity index (χ0v) is 18.8. The van der Waals surface area contributed by atoms with Crippen LogP contribution < -0.4 is 5.84 Å². The summed E-state index contributed by atoms with van der Waals surface area (Å²) in [4.78, 5) is 10.8. The largest absolute Gasteiger partial charge is 0.372 e. The molecule has 0 saturated carbocycles. The summed E-state index contributed by atoms with van der Waals surface area (Å²) >= 11 is 6.53. The van der Waals surface area contributed by atoms with Crippen LogP contribution in [0.15, 0.2) is 55.4 Å². The third kappa shape index (κ3) is 4.54. The highest BCUT2D eigenvalue weighted by Gasteiger charge is 2.20. The molecule has 0 aliphatic carbocycles. The number of hydrogen-bond acceptors (Lipinski definition) is 5. The lowest BCUT2D eigenvalue weighted by Gasteiger charge is -2.39. The summed E-state index contributed by atoms with van der Waals surface area (Å²) < 4.78 is 0. The zero-order valence-electron chi connectivity index (χ0n) is 18.0. The molecule has 1 fully saturated rings. The van der Waals surface area contributed by atoms with Gasteiger partial charge >= 0.3 is 0 Å². The number of halogens is 1.